The van der Waals surface area contributed by atoms with Crippen molar-refractivity contribution in [2.75, 3.05) is 35.8 Å². The number of aromatic nitrogens is 1. The van der Waals surface area contributed by atoms with Crippen molar-refractivity contribution in [1.29, 1.82) is 0 Å². The Balaban J connectivity index is 0.00000193. The maximum atomic E-state index is 12.5. The summed E-state index contributed by atoms with van der Waals surface area (Å²) in [4.78, 5) is 9.72. The van der Waals surface area contributed by atoms with Crippen LogP contribution in [0.1, 0.15) is 13.8 Å². The highest BCUT2D eigenvalue weighted by atomic mass is 35.5. The van der Waals surface area contributed by atoms with Gasteiger partial charge in [0.2, 0.25) is 0 Å². The highest BCUT2D eigenvalue weighted by Crippen LogP contribution is 2.24. The van der Waals surface area contributed by atoms with Gasteiger partial charge in [-0.15, -0.1) is 24.8 Å². The molecule has 0 aliphatic carbocycles. The Kier molecular flexibility index (Phi) is 9.55. The Morgan fingerprint density at radius 2 is 1.42 bits per heavy atom. The van der Waals surface area contributed by atoms with Gasteiger partial charge >= 0.3 is 0 Å². The number of nitrogens with one attached hydrogen (secondary N) is 1. The van der Waals surface area contributed by atoms with Crippen molar-refractivity contribution in [3.05, 3.63) is 72.9 Å². The van der Waals surface area contributed by atoms with Crippen LogP contribution < -0.4 is 9.62 Å². The van der Waals surface area contributed by atoms with Crippen LogP contribution in [0.25, 0.3) is 11.1 Å². The summed E-state index contributed by atoms with van der Waals surface area (Å²) in [5.41, 5.74) is 2.52. The number of pyridine rings is 1. The van der Waals surface area contributed by atoms with E-state index in [1.165, 1.54) is 0 Å². The molecule has 1 aromatic heterocycles. The van der Waals surface area contributed by atoms with E-state index in [0.29, 0.717) is 11.7 Å². The first-order chi connectivity index (χ1) is 14.9. The molecule has 4 rings (SSSR count). The summed E-state index contributed by atoms with van der Waals surface area (Å²) in [6.07, 6.45) is 1.88. The summed E-state index contributed by atoms with van der Waals surface area (Å²) in [5, 5.41) is 0. The summed E-state index contributed by atoms with van der Waals surface area (Å²) in [7, 11) is -3.59. The summed E-state index contributed by atoms with van der Waals surface area (Å²) in [6, 6.07) is 20.4. The van der Waals surface area contributed by atoms with E-state index in [9.17, 15) is 8.42 Å². The van der Waals surface area contributed by atoms with Gasteiger partial charge in [0.1, 0.15) is 5.82 Å². The van der Waals surface area contributed by atoms with Crippen LogP contribution in [0, 0.1) is 0 Å². The molecule has 0 saturated carbocycles. The monoisotopic (exact) mass is 508 g/mol. The minimum Gasteiger partial charge on any atom is -0.354 e. The van der Waals surface area contributed by atoms with Gasteiger partial charge in [-0.25, -0.2) is 13.4 Å². The number of nitrogens with zero attached hydrogens (tertiary/aromatic N) is 3. The molecule has 178 valence electrons. The molecule has 2 aromatic carbocycles. The first-order valence-electron chi connectivity index (χ1n) is 10.6. The van der Waals surface area contributed by atoms with Gasteiger partial charge in [-0.2, -0.15) is 0 Å². The largest absolute Gasteiger partial charge is 0.354 e. The molecule has 0 unspecified atom stereocenters. The van der Waals surface area contributed by atoms with Crippen molar-refractivity contribution in [2.24, 2.45) is 0 Å². The highest BCUT2D eigenvalue weighted by Gasteiger charge is 2.19. The molecule has 33 heavy (non-hydrogen) atoms. The first-order valence-corrected chi connectivity index (χ1v) is 12.0. The van der Waals surface area contributed by atoms with E-state index in [1.54, 1.807) is 42.5 Å². The molecule has 2 heterocycles. The predicted molar refractivity (Wildman–Crippen MR) is 140 cm³/mol. The lowest BCUT2D eigenvalue weighted by molar-refractivity contribution is 0.209. The topological polar surface area (TPSA) is 65.5 Å². The van der Waals surface area contributed by atoms with Crippen LogP contribution in [-0.4, -0.2) is 50.5 Å². The molecular formula is C24H30Cl2N4O2S. The van der Waals surface area contributed by atoms with Gasteiger partial charge in [-0.3, -0.25) is 9.62 Å². The van der Waals surface area contributed by atoms with Gasteiger partial charge in [0.05, 0.1) is 4.90 Å². The Bertz CT molecular complexity index is 1100. The van der Waals surface area contributed by atoms with E-state index < -0.39 is 10.0 Å². The van der Waals surface area contributed by atoms with Crippen molar-refractivity contribution >= 4 is 46.3 Å². The van der Waals surface area contributed by atoms with Crippen molar-refractivity contribution in [2.45, 2.75) is 24.8 Å². The predicted octanol–water partition coefficient (Wildman–Crippen LogP) is 4.92. The number of hydrogen-bond donors (Lipinski definition) is 1. The number of halogens is 2. The standard InChI is InChI=1S/C24H28N4O2S.2ClH/c1-19(2)27-14-16-28(17-15-27)24-13-10-21(18-25-24)20-8-11-22(12-9-20)26-31(29,30)23-6-4-3-5-7-23;;/h3-13,18-19,26H,14-17H2,1-2H3;2*1H. The van der Waals surface area contributed by atoms with Crippen LogP contribution in [0.5, 0.6) is 0 Å². The Morgan fingerprint density at radius 3 is 1.97 bits per heavy atom. The van der Waals surface area contributed by atoms with Crippen LogP contribution in [0.3, 0.4) is 0 Å². The zero-order valence-corrected chi connectivity index (χ0v) is 21.2. The van der Waals surface area contributed by atoms with E-state index in [0.717, 1.165) is 43.1 Å². The fraction of sp³-hybridized carbons (Fsp3) is 0.292. The van der Waals surface area contributed by atoms with Gasteiger partial charge in [0.25, 0.3) is 10.0 Å². The molecule has 0 spiro atoms. The Hall–Kier alpha value is -2.32. The van der Waals surface area contributed by atoms with Gasteiger partial charge in [-0.1, -0.05) is 30.3 Å². The fourth-order valence-electron chi connectivity index (χ4n) is 3.76. The summed E-state index contributed by atoms with van der Waals surface area (Å²) < 4.78 is 27.6. The van der Waals surface area contributed by atoms with Gasteiger partial charge in [0, 0.05) is 49.7 Å². The molecule has 3 aromatic rings. The maximum Gasteiger partial charge on any atom is 0.261 e. The Labute approximate surface area is 208 Å². The van der Waals surface area contributed by atoms with Crippen molar-refractivity contribution in [1.82, 2.24) is 9.88 Å². The summed E-state index contributed by atoms with van der Waals surface area (Å²) in [5.74, 6) is 0.999. The van der Waals surface area contributed by atoms with E-state index >= 15 is 0 Å². The second kappa shape index (κ2) is 11.7. The summed E-state index contributed by atoms with van der Waals surface area (Å²) in [6.45, 7) is 8.56. The molecule has 0 atom stereocenters. The van der Waals surface area contributed by atoms with Crippen molar-refractivity contribution < 1.29 is 8.42 Å². The van der Waals surface area contributed by atoms with E-state index in [1.807, 2.05) is 18.3 Å². The molecule has 9 heteroatoms. The zero-order chi connectivity index (χ0) is 21.8. The SMILES string of the molecule is CC(C)N1CCN(c2ccc(-c3ccc(NS(=O)(=O)c4ccccc4)cc3)cn2)CC1.Cl.Cl. The molecule has 1 aliphatic heterocycles. The smallest absolute Gasteiger partial charge is 0.261 e. The molecule has 0 radical (unpaired) electrons. The number of anilines is 2. The molecule has 1 N–H and O–H groups in total. The van der Waals surface area contributed by atoms with Crippen LogP contribution in [0.4, 0.5) is 11.5 Å². The lowest BCUT2D eigenvalue weighted by Gasteiger charge is -2.37. The molecule has 0 amide bonds. The number of hydrogen-bond acceptors (Lipinski definition) is 5. The van der Waals surface area contributed by atoms with E-state index in [2.05, 4.69) is 45.5 Å². The third kappa shape index (κ3) is 6.60. The average Bonchev–Trinajstić information content (AvgIpc) is 2.80. The number of rotatable bonds is 6. The van der Waals surface area contributed by atoms with Crippen molar-refractivity contribution in [3.8, 4) is 11.1 Å². The lowest BCUT2D eigenvalue weighted by Crippen LogP contribution is -2.49. The quantitative estimate of drug-likeness (QED) is 0.511. The third-order valence-corrected chi connectivity index (χ3v) is 7.04. The third-order valence-electron chi connectivity index (χ3n) is 5.64. The molecule has 0 bridgehead atoms. The lowest BCUT2D eigenvalue weighted by atomic mass is 10.1. The molecule has 1 fully saturated rings. The maximum absolute atomic E-state index is 12.5. The second-order valence-electron chi connectivity index (χ2n) is 8.02. The average molecular weight is 510 g/mol. The fourth-order valence-corrected chi connectivity index (χ4v) is 4.84. The zero-order valence-electron chi connectivity index (χ0n) is 18.7. The van der Waals surface area contributed by atoms with Gasteiger partial charge in [0.15, 0.2) is 0 Å². The number of sulfonamides is 1. The normalized spacial score (nSPS) is 14.3. The summed E-state index contributed by atoms with van der Waals surface area (Å²) >= 11 is 0. The van der Waals surface area contributed by atoms with Crippen LogP contribution in [0.15, 0.2) is 77.8 Å². The minimum absolute atomic E-state index is 0. The van der Waals surface area contributed by atoms with E-state index in [-0.39, 0.29) is 29.7 Å². The highest BCUT2D eigenvalue weighted by molar-refractivity contribution is 7.92. The number of benzene rings is 2. The van der Waals surface area contributed by atoms with Gasteiger partial charge in [-0.05, 0) is 55.8 Å². The Morgan fingerprint density at radius 1 is 0.818 bits per heavy atom. The van der Waals surface area contributed by atoms with Crippen molar-refractivity contribution in [3.63, 3.8) is 0 Å². The first kappa shape index (κ1) is 26.9. The molecular weight excluding hydrogens is 479 g/mol. The van der Waals surface area contributed by atoms with Crippen LogP contribution >= 0.6 is 24.8 Å². The molecule has 1 saturated heterocycles. The number of piperazine rings is 1. The second-order valence-corrected chi connectivity index (χ2v) is 9.70. The van der Waals surface area contributed by atoms with Gasteiger partial charge < -0.3 is 4.90 Å². The molecule has 1 aliphatic rings. The van der Waals surface area contributed by atoms with Crippen LogP contribution in [0.2, 0.25) is 0 Å². The van der Waals surface area contributed by atoms with Crippen LogP contribution in [-0.2, 0) is 10.0 Å². The van der Waals surface area contributed by atoms with E-state index in [4.69, 9.17) is 0 Å². The molecule has 6 nitrogen and oxygen atoms in total. The minimum atomic E-state index is -3.59.